The van der Waals surface area contributed by atoms with E-state index in [0.717, 1.165) is 22.1 Å². The quantitative estimate of drug-likeness (QED) is 0.936. The van der Waals surface area contributed by atoms with Crippen LogP contribution in [0.1, 0.15) is 48.5 Å². The van der Waals surface area contributed by atoms with E-state index in [9.17, 15) is 4.79 Å². The van der Waals surface area contributed by atoms with Gasteiger partial charge in [-0.05, 0) is 37.3 Å². The van der Waals surface area contributed by atoms with Crippen molar-refractivity contribution in [1.29, 1.82) is 0 Å². The highest BCUT2D eigenvalue weighted by Crippen LogP contribution is 2.30. The SMILES string of the molecule is Cc1nc(-n2cccc2)sc1C(=O)N[C@@H]1CCC[C@H](C)[C@@H]1C. The summed E-state index contributed by atoms with van der Waals surface area (Å²) in [5, 5.41) is 4.08. The smallest absolute Gasteiger partial charge is 0.263 e. The van der Waals surface area contributed by atoms with E-state index >= 15 is 0 Å². The van der Waals surface area contributed by atoms with Crippen LogP contribution in [0.5, 0.6) is 0 Å². The predicted molar refractivity (Wildman–Crippen MR) is 89.6 cm³/mol. The van der Waals surface area contributed by atoms with E-state index in [1.165, 1.54) is 24.2 Å². The molecule has 0 bridgehead atoms. The van der Waals surface area contributed by atoms with Crippen molar-refractivity contribution >= 4 is 17.2 Å². The van der Waals surface area contributed by atoms with Crippen molar-refractivity contribution in [2.45, 2.75) is 46.1 Å². The van der Waals surface area contributed by atoms with Crippen molar-refractivity contribution in [3.63, 3.8) is 0 Å². The van der Waals surface area contributed by atoms with E-state index in [4.69, 9.17) is 0 Å². The van der Waals surface area contributed by atoms with Gasteiger partial charge in [0.2, 0.25) is 0 Å². The standard InChI is InChI=1S/C17H23N3OS/c1-11-7-6-8-14(12(11)2)19-16(21)15-13(3)18-17(22-15)20-9-4-5-10-20/h4-5,9-12,14H,6-8H2,1-3H3,(H,19,21)/t11-,12-,14+/m0/s1. The van der Waals surface area contributed by atoms with Crippen LogP contribution < -0.4 is 5.32 Å². The molecule has 1 amide bonds. The van der Waals surface area contributed by atoms with Gasteiger partial charge in [-0.15, -0.1) is 0 Å². The van der Waals surface area contributed by atoms with Crippen LogP contribution in [0.4, 0.5) is 0 Å². The molecular formula is C17H23N3OS. The van der Waals surface area contributed by atoms with Gasteiger partial charge in [0, 0.05) is 18.4 Å². The Balaban J connectivity index is 1.75. The Morgan fingerprint density at radius 1 is 1.32 bits per heavy atom. The highest BCUT2D eigenvalue weighted by Gasteiger charge is 2.29. The molecule has 3 atom stereocenters. The van der Waals surface area contributed by atoms with Gasteiger partial charge < -0.3 is 9.88 Å². The highest BCUT2D eigenvalue weighted by atomic mass is 32.1. The van der Waals surface area contributed by atoms with Gasteiger partial charge in [-0.25, -0.2) is 4.98 Å². The summed E-state index contributed by atoms with van der Waals surface area (Å²) in [6.07, 6.45) is 7.45. The topological polar surface area (TPSA) is 46.9 Å². The summed E-state index contributed by atoms with van der Waals surface area (Å²) in [7, 11) is 0. The zero-order valence-electron chi connectivity index (χ0n) is 13.4. The van der Waals surface area contributed by atoms with Crippen molar-refractivity contribution in [3.05, 3.63) is 35.1 Å². The third-order valence-electron chi connectivity index (χ3n) is 4.84. The third kappa shape index (κ3) is 2.95. The van der Waals surface area contributed by atoms with E-state index in [2.05, 4.69) is 24.1 Å². The molecule has 5 heteroatoms. The first-order valence-corrected chi connectivity index (χ1v) is 8.79. The lowest BCUT2D eigenvalue weighted by atomic mass is 9.78. The van der Waals surface area contributed by atoms with Crippen LogP contribution in [-0.4, -0.2) is 21.5 Å². The van der Waals surface area contributed by atoms with Gasteiger partial charge in [0.05, 0.1) is 5.69 Å². The maximum Gasteiger partial charge on any atom is 0.263 e. The fraction of sp³-hybridized carbons (Fsp3) is 0.529. The van der Waals surface area contributed by atoms with Crippen molar-refractivity contribution in [2.24, 2.45) is 11.8 Å². The minimum Gasteiger partial charge on any atom is -0.348 e. The Kier molecular flexibility index (Phi) is 4.34. The van der Waals surface area contributed by atoms with Crippen LogP contribution in [0.15, 0.2) is 24.5 Å². The number of carbonyl (C=O) groups is 1. The van der Waals surface area contributed by atoms with Crippen LogP contribution in [0.3, 0.4) is 0 Å². The third-order valence-corrected chi connectivity index (χ3v) is 6.01. The van der Waals surface area contributed by atoms with Gasteiger partial charge in [0.25, 0.3) is 5.91 Å². The molecule has 1 aliphatic rings. The summed E-state index contributed by atoms with van der Waals surface area (Å²) in [6, 6.07) is 4.20. The van der Waals surface area contributed by atoms with Gasteiger partial charge in [-0.3, -0.25) is 4.79 Å². The normalized spacial score (nSPS) is 25.1. The number of amides is 1. The zero-order valence-corrected chi connectivity index (χ0v) is 14.2. The molecule has 2 aromatic rings. The number of thiazole rings is 1. The molecule has 4 nitrogen and oxygen atoms in total. The number of hydrogen-bond donors (Lipinski definition) is 1. The molecule has 0 radical (unpaired) electrons. The first kappa shape index (κ1) is 15.3. The Bertz CT molecular complexity index is 647. The van der Waals surface area contributed by atoms with Crippen LogP contribution in [-0.2, 0) is 0 Å². The van der Waals surface area contributed by atoms with Gasteiger partial charge in [-0.1, -0.05) is 38.0 Å². The second-order valence-electron chi connectivity index (χ2n) is 6.35. The number of nitrogens with zero attached hydrogens (tertiary/aromatic N) is 2. The fourth-order valence-electron chi connectivity index (χ4n) is 3.18. The van der Waals surface area contributed by atoms with E-state index in [0.29, 0.717) is 11.8 Å². The van der Waals surface area contributed by atoms with E-state index < -0.39 is 0 Å². The highest BCUT2D eigenvalue weighted by molar-refractivity contribution is 7.16. The van der Waals surface area contributed by atoms with Crippen molar-refractivity contribution in [2.75, 3.05) is 0 Å². The minimum atomic E-state index is 0.0272. The number of carbonyl (C=O) groups excluding carboxylic acids is 1. The summed E-state index contributed by atoms with van der Waals surface area (Å²) in [4.78, 5) is 17.9. The largest absolute Gasteiger partial charge is 0.348 e. The monoisotopic (exact) mass is 317 g/mol. The van der Waals surface area contributed by atoms with Crippen molar-refractivity contribution in [3.8, 4) is 5.13 Å². The predicted octanol–water partition coefficient (Wildman–Crippen LogP) is 3.80. The van der Waals surface area contributed by atoms with E-state index in [1.807, 2.05) is 36.0 Å². The maximum atomic E-state index is 12.6. The Hall–Kier alpha value is -1.62. The molecule has 0 aromatic carbocycles. The second kappa shape index (κ2) is 6.24. The summed E-state index contributed by atoms with van der Waals surface area (Å²) >= 11 is 1.46. The fourth-order valence-corrected chi connectivity index (χ4v) is 4.12. The Morgan fingerprint density at radius 2 is 2.05 bits per heavy atom. The molecule has 2 aromatic heterocycles. The number of hydrogen-bond acceptors (Lipinski definition) is 3. The van der Waals surface area contributed by atoms with Crippen molar-refractivity contribution < 1.29 is 4.79 Å². The van der Waals surface area contributed by atoms with Crippen LogP contribution >= 0.6 is 11.3 Å². The molecule has 1 aliphatic carbocycles. The van der Waals surface area contributed by atoms with E-state index in [1.54, 1.807) is 0 Å². The molecule has 0 spiro atoms. The van der Waals surface area contributed by atoms with Crippen molar-refractivity contribution in [1.82, 2.24) is 14.9 Å². The summed E-state index contributed by atoms with van der Waals surface area (Å²) in [5.74, 6) is 1.24. The number of nitrogens with one attached hydrogen (secondary N) is 1. The van der Waals surface area contributed by atoms with E-state index in [-0.39, 0.29) is 11.9 Å². The second-order valence-corrected chi connectivity index (χ2v) is 7.33. The van der Waals surface area contributed by atoms with Crippen LogP contribution in [0.25, 0.3) is 5.13 Å². The molecule has 1 saturated carbocycles. The first-order chi connectivity index (χ1) is 10.6. The Labute approximate surface area is 135 Å². The molecule has 1 fully saturated rings. The number of aryl methyl sites for hydroxylation is 1. The molecule has 0 unspecified atom stereocenters. The Morgan fingerprint density at radius 3 is 2.77 bits per heavy atom. The summed E-state index contributed by atoms with van der Waals surface area (Å²) < 4.78 is 1.94. The minimum absolute atomic E-state index is 0.0272. The molecule has 0 saturated heterocycles. The molecule has 1 N–H and O–H groups in total. The van der Waals surface area contributed by atoms with Gasteiger partial charge >= 0.3 is 0 Å². The summed E-state index contributed by atoms with van der Waals surface area (Å²) in [5.41, 5.74) is 0.808. The van der Waals surface area contributed by atoms with Crippen LogP contribution in [0.2, 0.25) is 0 Å². The molecule has 2 heterocycles. The zero-order chi connectivity index (χ0) is 15.7. The molecule has 0 aliphatic heterocycles. The number of rotatable bonds is 3. The average Bonchev–Trinajstić information content (AvgIpc) is 3.13. The first-order valence-electron chi connectivity index (χ1n) is 7.98. The lowest BCUT2D eigenvalue weighted by molar-refractivity contribution is 0.0894. The molecule has 3 rings (SSSR count). The molecule has 118 valence electrons. The summed E-state index contributed by atoms with van der Waals surface area (Å²) in [6.45, 7) is 6.44. The maximum absolute atomic E-state index is 12.6. The van der Waals surface area contributed by atoms with Gasteiger partial charge in [-0.2, -0.15) is 0 Å². The molecular weight excluding hydrogens is 294 g/mol. The lowest BCUT2D eigenvalue weighted by Gasteiger charge is -2.34. The van der Waals surface area contributed by atoms with Gasteiger partial charge in [0.1, 0.15) is 4.88 Å². The van der Waals surface area contributed by atoms with Gasteiger partial charge in [0.15, 0.2) is 5.13 Å². The van der Waals surface area contributed by atoms with Crippen LogP contribution in [0, 0.1) is 18.8 Å². The number of aromatic nitrogens is 2. The molecule has 22 heavy (non-hydrogen) atoms. The average molecular weight is 317 g/mol. The lowest BCUT2D eigenvalue weighted by Crippen LogP contribution is -2.43.